The van der Waals surface area contributed by atoms with E-state index in [9.17, 15) is 9.90 Å². The van der Waals surface area contributed by atoms with E-state index in [4.69, 9.17) is 16.3 Å². The van der Waals surface area contributed by atoms with Crippen molar-refractivity contribution in [1.29, 1.82) is 0 Å². The largest absolute Gasteiger partial charge is 0.465 e. The lowest BCUT2D eigenvalue weighted by atomic mass is 9.69. The topological polar surface area (TPSA) is 46.5 Å². The minimum Gasteiger partial charge on any atom is -0.465 e. The van der Waals surface area contributed by atoms with Crippen molar-refractivity contribution < 1.29 is 14.6 Å². The Morgan fingerprint density at radius 1 is 1.37 bits per heavy atom. The van der Waals surface area contributed by atoms with E-state index in [1.54, 1.807) is 0 Å². The van der Waals surface area contributed by atoms with Gasteiger partial charge in [-0.3, -0.25) is 4.79 Å². The number of carbonyl (C=O) groups excluding carboxylic acids is 1. The van der Waals surface area contributed by atoms with E-state index in [1.165, 1.54) is 6.92 Å². The summed E-state index contributed by atoms with van der Waals surface area (Å²) in [5.41, 5.74) is 0.945. The number of ether oxygens (including phenoxy) is 1. The number of benzene rings is 1. The summed E-state index contributed by atoms with van der Waals surface area (Å²) in [6.07, 6.45) is 2.89. The van der Waals surface area contributed by atoms with E-state index in [1.807, 2.05) is 24.3 Å². The standard InChI is InChI=1S/C15H19ClO3/c1-11(17)19-10-15(8-6-14(18)7-9-15)12-2-4-13(16)5-3-12/h2-5,14,18H,6-10H2,1H3/t14-,15+. The highest BCUT2D eigenvalue weighted by atomic mass is 35.5. The smallest absolute Gasteiger partial charge is 0.302 e. The van der Waals surface area contributed by atoms with Crippen molar-refractivity contribution in [3.63, 3.8) is 0 Å². The fourth-order valence-corrected chi connectivity index (χ4v) is 2.84. The molecule has 0 bridgehead atoms. The van der Waals surface area contributed by atoms with Gasteiger partial charge in [-0.2, -0.15) is 0 Å². The van der Waals surface area contributed by atoms with Crippen molar-refractivity contribution in [1.82, 2.24) is 0 Å². The average Bonchev–Trinajstić information content (AvgIpc) is 2.39. The van der Waals surface area contributed by atoms with E-state index in [2.05, 4.69) is 0 Å². The summed E-state index contributed by atoms with van der Waals surface area (Å²) >= 11 is 5.92. The lowest BCUT2D eigenvalue weighted by Gasteiger charge is -2.38. The summed E-state index contributed by atoms with van der Waals surface area (Å²) in [7, 11) is 0. The van der Waals surface area contributed by atoms with Crippen LogP contribution < -0.4 is 0 Å². The van der Waals surface area contributed by atoms with E-state index >= 15 is 0 Å². The number of halogens is 1. The molecule has 1 saturated carbocycles. The number of esters is 1. The number of rotatable bonds is 3. The molecule has 1 fully saturated rings. The van der Waals surface area contributed by atoms with Gasteiger partial charge >= 0.3 is 5.97 Å². The van der Waals surface area contributed by atoms with Gasteiger partial charge in [0.15, 0.2) is 0 Å². The molecule has 0 atom stereocenters. The summed E-state index contributed by atoms with van der Waals surface area (Å²) < 4.78 is 5.25. The molecule has 0 aliphatic heterocycles. The molecule has 0 spiro atoms. The molecule has 19 heavy (non-hydrogen) atoms. The molecule has 1 aliphatic rings. The van der Waals surface area contributed by atoms with Gasteiger partial charge in [0.25, 0.3) is 0 Å². The van der Waals surface area contributed by atoms with Crippen LogP contribution in [-0.4, -0.2) is 23.8 Å². The van der Waals surface area contributed by atoms with Gasteiger partial charge in [-0.1, -0.05) is 23.7 Å². The third-order valence-corrected chi connectivity index (χ3v) is 4.17. The molecule has 0 amide bonds. The van der Waals surface area contributed by atoms with Gasteiger partial charge in [0.2, 0.25) is 0 Å². The van der Waals surface area contributed by atoms with E-state index < -0.39 is 0 Å². The van der Waals surface area contributed by atoms with Crippen molar-refractivity contribution in [3.05, 3.63) is 34.9 Å². The second-order valence-electron chi connectivity index (χ2n) is 5.30. The zero-order valence-corrected chi connectivity index (χ0v) is 11.8. The van der Waals surface area contributed by atoms with Crippen molar-refractivity contribution in [2.45, 2.75) is 44.1 Å². The zero-order valence-electron chi connectivity index (χ0n) is 11.1. The number of hydrogen-bond acceptors (Lipinski definition) is 3. The Labute approximate surface area is 118 Å². The molecule has 0 saturated heterocycles. The highest BCUT2D eigenvalue weighted by molar-refractivity contribution is 6.30. The Bertz CT molecular complexity index is 433. The molecular weight excluding hydrogens is 264 g/mol. The third-order valence-electron chi connectivity index (χ3n) is 3.92. The van der Waals surface area contributed by atoms with Crippen LogP contribution in [0.3, 0.4) is 0 Å². The Balaban J connectivity index is 2.22. The average molecular weight is 283 g/mol. The van der Waals surface area contributed by atoms with Crippen LogP contribution in [0.25, 0.3) is 0 Å². The quantitative estimate of drug-likeness (QED) is 0.867. The molecule has 2 rings (SSSR count). The zero-order chi connectivity index (χ0) is 13.9. The monoisotopic (exact) mass is 282 g/mol. The normalized spacial score (nSPS) is 27.0. The molecule has 104 valence electrons. The maximum absolute atomic E-state index is 11.1. The SMILES string of the molecule is CC(=O)OC[C@]1(c2ccc(Cl)cc2)CC[C@@H](O)CC1. The van der Waals surface area contributed by atoms with Crippen LogP contribution in [0.15, 0.2) is 24.3 Å². The van der Waals surface area contributed by atoms with Gasteiger partial charge in [0.05, 0.1) is 6.10 Å². The second kappa shape index (κ2) is 5.93. The van der Waals surface area contributed by atoms with Gasteiger partial charge in [-0.25, -0.2) is 0 Å². The van der Waals surface area contributed by atoms with Crippen molar-refractivity contribution in [2.24, 2.45) is 0 Å². The number of aliphatic hydroxyl groups is 1. The molecule has 4 heteroatoms. The molecule has 0 unspecified atom stereocenters. The molecule has 0 aromatic heterocycles. The minimum atomic E-state index is -0.264. The first-order valence-electron chi connectivity index (χ1n) is 6.59. The van der Waals surface area contributed by atoms with Crippen LogP contribution in [-0.2, 0) is 14.9 Å². The number of aliphatic hydroxyl groups excluding tert-OH is 1. The first-order valence-corrected chi connectivity index (χ1v) is 6.97. The second-order valence-corrected chi connectivity index (χ2v) is 5.74. The molecule has 1 aromatic carbocycles. The van der Waals surface area contributed by atoms with Crippen LogP contribution in [0.4, 0.5) is 0 Å². The summed E-state index contributed by atoms with van der Waals surface area (Å²) in [6.45, 7) is 1.80. The van der Waals surface area contributed by atoms with Crippen LogP contribution in [0.5, 0.6) is 0 Å². The fourth-order valence-electron chi connectivity index (χ4n) is 2.71. The number of carbonyl (C=O) groups is 1. The van der Waals surface area contributed by atoms with Crippen LogP contribution >= 0.6 is 11.6 Å². The predicted octanol–water partition coefficient (Wildman–Crippen LogP) is 3.08. The summed E-state index contributed by atoms with van der Waals surface area (Å²) in [4.78, 5) is 11.1. The lowest BCUT2D eigenvalue weighted by Crippen LogP contribution is -2.38. The van der Waals surface area contributed by atoms with Crippen LogP contribution in [0.2, 0.25) is 5.02 Å². The Hall–Kier alpha value is -1.06. The van der Waals surface area contributed by atoms with Crippen molar-refractivity contribution in [2.75, 3.05) is 6.61 Å². The highest BCUT2D eigenvalue weighted by Crippen LogP contribution is 2.40. The fraction of sp³-hybridized carbons (Fsp3) is 0.533. The minimum absolute atomic E-state index is 0.185. The van der Waals surface area contributed by atoms with E-state index in [0.717, 1.165) is 31.2 Å². The van der Waals surface area contributed by atoms with E-state index in [-0.39, 0.29) is 17.5 Å². The Morgan fingerprint density at radius 3 is 2.47 bits per heavy atom. The lowest BCUT2D eigenvalue weighted by molar-refractivity contribution is -0.143. The first kappa shape index (κ1) is 14.4. The van der Waals surface area contributed by atoms with Gasteiger partial charge in [-0.15, -0.1) is 0 Å². The first-order chi connectivity index (χ1) is 9.02. The summed E-state index contributed by atoms with van der Waals surface area (Å²) in [5.74, 6) is -0.264. The Morgan fingerprint density at radius 2 is 1.95 bits per heavy atom. The molecule has 3 nitrogen and oxygen atoms in total. The molecule has 1 N–H and O–H groups in total. The van der Waals surface area contributed by atoms with Gasteiger partial charge in [0, 0.05) is 17.4 Å². The summed E-state index contributed by atoms with van der Waals surface area (Å²) in [5, 5.41) is 10.4. The molecule has 1 aliphatic carbocycles. The van der Waals surface area contributed by atoms with Crippen LogP contribution in [0.1, 0.15) is 38.2 Å². The molecular formula is C15H19ClO3. The highest BCUT2D eigenvalue weighted by Gasteiger charge is 2.37. The van der Waals surface area contributed by atoms with Gasteiger partial charge in [0.1, 0.15) is 6.61 Å². The Kier molecular flexibility index (Phi) is 4.48. The number of hydrogen-bond donors (Lipinski definition) is 1. The molecule has 1 aromatic rings. The summed E-state index contributed by atoms with van der Waals surface area (Å²) in [6, 6.07) is 7.70. The van der Waals surface area contributed by atoms with Crippen LogP contribution in [0, 0.1) is 0 Å². The third kappa shape index (κ3) is 3.48. The van der Waals surface area contributed by atoms with Crippen molar-refractivity contribution >= 4 is 17.6 Å². The maximum Gasteiger partial charge on any atom is 0.302 e. The molecule has 0 heterocycles. The van der Waals surface area contributed by atoms with Gasteiger partial charge in [-0.05, 0) is 43.4 Å². The van der Waals surface area contributed by atoms with E-state index in [0.29, 0.717) is 11.6 Å². The van der Waals surface area contributed by atoms with Crippen molar-refractivity contribution in [3.8, 4) is 0 Å². The van der Waals surface area contributed by atoms with Gasteiger partial charge < -0.3 is 9.84 Å². The maximum atomic E-state index is 11.1. The predicted molar refractivity (Wildman–Crippen MR) is 74.2 cm³/mol. The molecule has 0 radical (unpaired) electrons.